The molecule has 0 saturated carbocycles. The highest BCUT2D eigenvalue weighted by Crippen LogP contribution is 2.36. The lowest BCUT2D eigenvalue weighted by molar-refractivity contribution is -0.137. The van der Waals surface area contributed by atoms with Crippen LogP contribution in [0.25, 0.3) is 0 Å². The van der Waals surface area contributed by atoms with Crippen molar-refractivity contribution < 1.29 is 28.2 Å². The summed E-state index contributed by atoms with van der Waals surface area (Å²) in [4.78, 5) is 22.9. The van der Waals surface area contributed by atoms with Gasteiger partial charge >= 0.3 is 0 Å². The lowest BCUT2D eigenvalue weighted by atomic mass is 9.92. The summed E-state index contributed by atoms with van der Waals surface area (Å²) in [7, 11) is 2.51. The molecule has 0 spiro atoms. The Hall–Kier alpha value is -0.885. The first kappa shape index (κ1) is 21.2. The standard InChI is InChI=1S/C14H28BN2O6P/c1-5-9-11(23-24(20)7-6-10(18)16-3)12(13(15)22-9)21-8(2)14(19)17-4/h8-9,11-13,24H,5-7,15H2,1-4H3,(H,16,18)(H,17,19)/t8?,9-,11?,12+,13-/m1/s1. The van der Waals surface area contributed by atoms with Crippen molar-refractivity contribution in [1.82, 2.24) is 10.6 Å². The van der Waals surface area contributed by atoms with E-state index in [4.69, 9.17) is 14.0 Å². The zero-order valence-corrected chi connectivity index (χ0v) is 16.0. The molecule has 6 atom stereocenters. The number of hydrogen-bond acceptors (Lipinski definition) is 6. The molecular weight excluding hydrogens is 334 g/mol. The molecule has 1 fully saturated rings. The number of nitrogens with one attached hydrogen (secondary N) is 2. The molecule has 0 aliphatic carbocycles. The van der Waals surface area contributed by atoms with E-state index >= 15 is 0 Å². The summed E-state index contributed by atoms with van der Waals surface area (Å²) in [6, 6.07) is -0.277. The number of ether oxygens (including phenoxy) is 2. The van der Waals surface area contributed by atoms with Gasteiger partial charge in [0.15, 0.2) is 8.03 Å². The maximum atomic E-state index is 12.2. The molecule has 8 nitrogen and oxygen atoms in total. The highest BCUT2D eigenvalue weighted by atomic mass is 31.1. The van der Waals surface area contributed by atoms with Crippen molar-refractivity contribution in [3.8, 4) is 0 Å². The minimum atomic E-state index is -2.41. The molecule has 2 N–H and O–H groups in total. The highest BCUT2D eigenvalue weighted by Gasteiger charge is 2.45. The van der Waals surface area contributed by atoms with Crippen LogP contribution in [-0.4, -0.2) is 70.3 Å². The van der Waals surface area contributed by atoms with E-state index in [0.29, 0.717) is 6.42 Å². The molecule has 10 heteroatoms. The highest BCUT2D eigenvalue weighted by molar-refractivity contribution is 7.39. The first-order valence-corrected chi connectivity index (χ1v) is 9.78. The van der Waals surface area contributed by atoms with Crippen molar-refractivity contribution in [2.45, 2.75) is 57.1 Å². The van der Waals surface area contributed by atoms with E-state index < -0.39 is 26.3 Å². The van der Waals surface area contributed by atoms with E-state index in [1.165, 1.54) is 14.1 Å². The van der Waals surface area contributed by atoms with Crippen LogP contribution in [-0.2, 0) is 28.2 Å². The van der Waals surface area contributed by atoms with Gasteiger partial charge in [-0.15, -0.1) is 0 Å². The van der Waals surface area contributed by atoms with Gasteiger partial charge in [-0.2, -0.15) is 0 Å². The van der Waals surface area contributed by atoms with Crippen LogP contribution in [0.4, 0.5) is 0 Å². The van der Waals surface area contributed by atoms with Gasteiger partial charge in [0, 0.05) is 26.7 Å². The van der Waals surface area contributed by atoms with Crippen LogP contribution in [0, 0.1) is 0 Å². The Morgan fingerprint density at radius 1 is 1.29 bits per heavy atom. The maximum Gasteiger partial charge on any atom is 0.248 e. The van der Waals surface area contributed by atoms with Gasteiger partial charge in [0.05, 0.1) is 12.1 Å². The topological polar surface area (TPSA) is 103 Å². The summed E-state index contributed by atoms with van der Waals surface area (Å²) < 4.78 is 29.5. The predicted octanol–water partition coefficient (Wildman–Crippen LogP) is -0.730. The first-order valence-electron chi connectivity index (χ1n) is 8.26. The molecule has 1 saturated heterocycles. The zero-order valence-electron chi connectivity index (χ0n) is 15.0. The Balaban J connectivity index is 2.71. The third-order valence-electron chi connectivity index (χ3n) is 4.02. The number of likely N-dealkylation sites (N-methyl/N-ethyl adjacent to an activating group) is 1. The smallest absolute Gasteiger partial charge is 0.248 e. The Labute approximate surface area is 144 Å². The minimum absolute atomic E-state index is 0.147. The lowest BCUT2D eigenvalue weighted by Gasteiger charge is -2.26. The molecule has 0 aromatic rings. The van der Waals surface area contributed by atoms with E-state index in [9.17, 15) is 14.2 Å². The number of carbonyl (C=O) groups is 2. The molecule has 138 valence electrons. The molecule has 0 radical (unpaired) electrons. The molecule has 3 unspecified atom stereocenters. The van der Waals surface area contributed by atoms with Crippen molar-refractivity contribution in [3.05, 3.63) is 0 Å². The van der Waals surface area contributed by atoms with Crippen LogP contribution in [0.15, 0.2) is 0 Å². The van der Waals surface area contributed by atoms with Crippen LogP contribution in [0.3, 0.4) is 0 Å². The second-order valence-electron chi connectivity index (χ2n) is 5.77. The third-order valence-corrected chi connectivity index (χ3v) is 5.22. The van der Waals surface area contributed by atoms with Crippen molar-refractivity contribution >= 4 is 27.7 Å². The van der Waals surface area contributed by atoms with Crippen molar-refractivity contribution in [1.29, 1.82) is 0 Å². The van der Waals surface area contributed by atoms with Gasteiger partial charge in [0.2, 0.25) is 11.8 Å². The fourth-order valence-corrected chi connectivity index (χ4v) is 3.76. The fraction of sp³-hybridized carbons (Fsp3) is 0.857. The number of hydrogen-bond donors (Lipinski definition) is 2. The van der Waals surface area contributed by atoms with Crippen molar-refractivity contribution in [3.63, 3.8) is 0 Å². The van der Waals surface area contributed by atoms with Gasteiger partial charge in [0.1, 0.15) is 26.2 Å². The molecule has 1 heterocycles. The summed E-state index contributed by atoms with van der Waals surface area (Å²) in [5.74, 6) is -0.422. The molecular formula is C14H28BN2O6P. The molecule has 0 aromatic heterocycles. The average Bonchev–Trinajstić information content (AvgIpc) is 2.87. The summed E-state index contributed by atoms with van der Waals surface area (Å²) in [5, 5.41) is 5.01. The van der Waals surface area contributed by atoms with Gasteiger partial charge in [-0.05, 0) is 13.3 Å². The number of amides is 2. The van der Waals surface area contributed by atoms with Crippen LogP contribution in [0.1, 0.15) is 26.7 Å². The van der Waals surface area contributed by atoms with Gasteiger partial charge in [-0.25, -0.2) is 0 Å². The van der Waals surface area contributed by atoms with Crippen LogP contribution in [0.2, 0.25) is 0 Å². The zero-order chi connectivity index (χ0) is 18.3. The number of carbonyl (C=O) groups excluding carboxylic acids is 2. The Kier molecular flexibility index (Phi) is 8.98. The van der Waals surface area contributed by atoms with Crippen LogP contribution in [0.5, 0.6) is 0 Å². The summed E-state index contributed by atoms with van der Waals surface area (Å²) >= 11 is 0. The first-order chi connectivity index (χ1) is 11.3. The van der Waals surface area contributed by atoms with E-state index in [1.54, 1.807) is 6.92 Å². The molecule has 0 bridgehead atoms. The Bertz CT molecular complexity index is 467. The third kappa shape index (κ3) is 5.88. The largest absolute Gasteiger partial charge is 0.378 e. The van der Waals surface area contributed by atoms with Crippen LogP contribution >= 0.6 is 8.03 Å². The van der Waals surface area contributed by atoms with Gasteiger partial charge in [-0.3, -0.25) is 14.2 Å². The van der Waals surface area contributed by atoms with E-state index in [0.717, 1.165) is 0 Å². The summed E-state index contributed by atoms with van der Waals surface area (Å²) in [6.07, 6.45) is -0.938. The monoisotopic (exact) mass is 362 g/mol. The second kappa shape index (κ2) is 10.2. The fourth-order valence-electron chi connectivity index (χ4n) is 2.62. The maximum absolute atomic E-state index is 12.2. The molecule has 0 aromatic carbocycles. The average molecular weight is 362 g/mol. The predicted molar refractivity (Wildman–Crippen MR) is 93.3 cm³/mol. The van der Waals surface area contributed by atoms with E-state index in [1.807, 2.05) is 14.8 Å². The lowest BCUT2D eigenvalue weighted by Crippen LogP contribution is -2.43. The van der Waals surface area contributed by atoms with Gasteiger partial charge in [0.25, 0.3) is 0 Å². The molecule has 24 heavy (non-hydrogen) atoms. The normalized spacial score (nSPS) is 29.0. The number of rotatable bonds is 9. The van der Waals surface area contributed by atoms with Gasteiger partial charge < -0.3 is 24.6 Å². The molecule has 1 rings (SSSR count). The van der Waals surface area contributed by atoms with Crippen molar-refractivity contribution in [2.75, 3.05) is 20.3 Å². The van der Waals surface area contributed by atoms with Crippen LogP contribution < -0.4 is 10.6 Å². The second-order valence-corrected chi connectivity index (χ2v) is 7.25. The molecule has 1 aliphatic heterocycles. The molecule has 1 aliphatic rings. The minimum Gasteiger partial charge on any atom is -0.378 e. The Morgan fingerprint density at radius 3 is 2.50 bits per heavy atom. The van der Waals surface area contributed by atoms with E-state index in [-0.39, 0.29) is 36.5 Å². The SMILES string of the molecule is B[C@@H]1O[C@H](CC)C(O[PH](=O)CCC(=O)NC)[C@@H]1OC(C)C(=O)NC. The summed E-state index contributed by atoms with van der Waals surface area (Å²) in [6.45, 7) is 3.59. The summed E-state index contributed by atoms with van der Waals surface area (Å²) in [5.41, 5.74) is 0. The van der Waals surface area contributed by atoms with Gasteiger partial charge in [-0.1, -0.05) is 6.92 Å². The van der Waals surface area contributed by atoms with Crippen molar-refractivity contribution in [2.24, 2.45) is 0 Å². The van der Waals surface area contributed by atoms with E-state index in [2.05, 4.69) is 10.6 Å². The Morgan fingerprint density at radius 2 is 1.96 bits per heavy atom. The quantitative estimate of drug-likeness (QED) is 0.414. The molecule has 2 amide bonds.